The maximum atomic E-state index is 13.1. The molecule has 0 bridgehead atoms. The van der Waals surface area contributed by atoms with E-state index in [1.807, 2.05) is 52.0 Å². The zero-order chi connectivity index (χ0) is 24.6. The SMILES string of the molecule is Cc1ccc(C)c(NC(=O)c2cccc(NC3=C(Cl)C(=O)N(c4cccc(C)c4C)C3=O)c2)c1. The van der Waals surface area contributed by atoms with E-state index in [1.165, 1.54) is 0 Å². The first kappa shape index (κ1) is 23.3. The fourth-order valence-electron chi connectivity index (χ4n) is 3.76. The first-order chi connectivity index (χ1) is 16.2. The van der Waals surface area contributed by atoms with E-state index in [0.717, 1.165) is 32.8 Å². The van der Waals surface area contributed by atoms with Crippen molar-refractivity contribution in [2.75, 3.05) is 15.5 Å². The smallest absolute Gasteiger partial charge is 0.283 e. The first-order valence-corrected chi connectivity index (χ1v) is 11.2. The van der Waals surface area contributed by atoms with Crippen LogP contribution in [0, 0.1) is 27.7 Å². The van der Waals surface area contributed by atoms with Gasteiger partial charge in [0.05, 0.1) is 5.69 Å². The van der Waals surface area contributed by atoms with Gasteiger partial charge in [-0.05, 0) is 80.3 Å². The molecule has 0 radical (unpaired) electrons. The van der Waals surface area contributed by atoms with Crippen LogP contribution in [0.2, 0.25) is 0 Å². The fraction of sp³-hybridized carbons (Fsp3) is 0.148. The highest BCUT2D eigenvalue weighted by Crippen LogP contribution is 2.33. The van der Waals surface area contributed by atoms with Crippen LogP contribution in [0.25, 0.3) is 0 Å². The number of nitrogens with one attached hydrogen (secondary N) is 2. The second-order valence-electron chi connectivity index (χ2n) is 8.33. The maximum absolute atomic E-state index is 13.1. The van der Waals surface area contributed by atoms with Gasteiger partial charge in [-0.1, -0.05) is 41.9 Å². The van der Waals surface area contributed by atoms with Crippen molar-refractivity contribution >= 4 is 46.4 Å². The Hall–Kier alpha value is -3.90. The summed E-state index contributed by atoms with van der Waals surface area (Å²) in [6, 6.07) is 17.9. The Morgan fingerprint density at radius 3 is 2.35 bits per heavy atom. The Morgan fingerprint density at radius 1 is 0.853 bits per heavy atom. The molecule has 34 heavy (non-hydrogen) atoms. The van der Waals surface area contributed by atoms with Crippen LogP contribution >= 0.6 is 11.6 Å². The average Bonchev–Trinajstić information content (AvgIpc) is 3.01. The molecular weight excluding hydrogens is 450 g/mol. The molecule has 0 saturated heterocycles. The van der Waals surface area contributed by atoms with E-state index in [1.54, 1.807) is 36.4 Å². The predicted molar refractivity (Wildman–Crippen MR) is 135 cm³/mol. The Labute approximate surface area is 203 Å². The Morgan fingerprint density at radius 2 is 1.59 bits per heavy atom. The van der Waals surface area contributed by atoms with Gasteiger partial charge in [0, 0.05) is 16.9 Å². The third-order valence-corrected chi connectivity index (χ3v) is 6.23. The maximum Gasteiger partial charge on any atom is 0.283 e. The Kier molecular flexibility index (Phi) is 6.26. The van der Waals surface area contributed by atoms with Crippen molar-refractivity contribution in [1.29, 1.82) is 0 Å². The molecule has 0 atom stereocenters. The number of hydrogen-bond acceptors (Lipinski definition) is 4. The van der Waals surface area contributed by atoms with Crippen molar-refractivity contribution in [3.8, 4) is 0 Å². The van der Waals surface area contributed by atoms with Crippen LogP contribution in [0.5, 0.6) is 0 Å². The van der Waals surface area contributed by atoms with E-state index in [-0.39, 0.29) is 16.6 Å². The summed E-state index contributed by atoms with van der Waals surface area (Å²) in [7, 11) is 0. The molecule has 2 N–H and O–H groups in total. The molecule has 0 aromatic heterocycles. The highest BCUT2D eigenvalue weighted by Gasteiger charge is 2.39. The lowest BCUT2D eigenvalue weighted by Crippen LogP contribution is -2.33. The lowest BCUT2D eigenvalue weighted by molar-refractivity contribution is -0.120. The van der Waals surface area contributed by atoms with Gasteiger partial charge in [0.1, 0.15) is 10.7 Å². The molecule has 1 heterocycles. The monoisotopic (exact) mass is 473 g/mol. The summed E-state index contributed by atoms with van der Waals surface area (Å²) < 4.78 is 0. The van der Waals surface area contributed by atoms with Gasteiger partial charge >= 0.3 is 0 Å². The predicted octanol–water partition coefficient (Wildman–Crippen LogP) is 5.61. The number of carbonyl (C=O) groups excluding carboxylic acids is 3. The molecule has 6 nitrogen and oxygen atoms in total. The van der Waals surface area contributed by atoms with Crippen LogP contribution in [0.3, 0.4) is 0 Å². The minimum Gasteiger partial charge on any atom is -0.350 e. The molecular formula is C27H24ClN3O3. The summed E-state index contributed by atoms with van der Waals surface area (Å²) in [6.45, 7) is 7.64. The third-order valence-electron chi connectivity index (χ3n) is 5.88. The van der Waals surface area contributed by atoms with Crippen molar-refractivity contribution < 1.29 is 14.4 Å². The van der Waals surface area contributed by atoms with Gasteiger partial charge in [-0.2, -0.15) is 0 Å². The minimum atomic E-state index is -0.591. The van der Waals surface area contributed by atoms with Crippen LogP contribution in [-0.2, 0) is 9.59 Å². The number of rotatable bonds is 5. The standard InChI is InChI=1S/C27H24ClN3O3/c1-15-11-12-17(3)21(13-15)30-25(32)19-8-6-9-20(14-19)29-24-23(28)26(33)31(27(24)34)22-10-5-7-16(2)18(22)4/h5-14,29H,1-4H3,(H,30,32). The van der Waals surface area contributed by atoms with Crippen molar-refractivity contribution in [3.63, 3.8) is 0 Å². The second kappa shape index (κ2) is 9.15. The molecule has 1 aliphatic rings. The number of imide groups is 1. The highest BCUT2D eigenvalue weighted by atomic mass is 35.5. The van der Waals surface area contributed by atoms with Crippen molar-refractivity contribution in [1.82, 2.24) is 0 Å². The molecule has 0 unspecified atom stereocenters. The largest absolute Gasteiger partial charge is 0.350 e. The van der Waals surface area contributed by atoms with Gasteiger partial charge in [-0.3, -0.25) is 14.4 Å². The molecule has 0 saturated carbocycles. The summed E-state index contributed by atoms with van der Waals surface area (Å²) >= 11 is 6.28. The van der Waals surface area contributed by atoms with Gasteiger partial charge in [0.2, 0.25) is 0 Å². The Balaban J connectivity index is 1.57. The van der Waals surface area contributed by atoms with Crippen molar-refractivity contribution in [3.05, 3.63) is 99.2 Å². The van der Waals surface area contributed by atoms with E-state index < -0.39 is 11.8 Å². The second-order valence-corrected chi connectivity index (χ2v) is 8.71. The molecule has 7 heteroatoms. The van der Waals surface area contributed by atoms with Crippen LogP contribution in [0.1, 0.15) is 32.6 Å². The van der Waals surface area contributed by atoms with Crippen LogP contribution in [0.4, 0.5) is 17.1 Å². The Bertz CT molecular complexity index is 1380. The zero-order valence-electron chi connectivity index (χ0n) is 19.3. The van der Waals surface area contributed by atoms with E-state index >= 15 is 0 Å². The summed E-state index contributed by atoms with van der Waals surface area (Å²) in [4.78, 5) is 39.9. The number of anilines is 3. The van der Waals surface area contributed by atoms with Gasteiger partial charge in [0.15, 0.2) is 0 Å². The third kappa shape index (κ3) is 4.32. The summed E-state index contributed by atoms with van der Waals surface area (Å²) in [6.07, 6.45) is 0. The fourth-order valence-corrected chi connectivity index (χ4v) is 3.97. The number of hydrogen-bond donors (Lipinski definition) is 2. The molecule has 3 amide bonds. The van der Waals surface area contributed by atoms with Crippen molar-refractivity contribution in [2.45, 2.75) is 27.7 Å². The van der Waals surface area contributed by atoms with Gasteiger partial charge in [0.25, 0.3) is 17.7 Å². The quantitative estimate of drug-likeness (QED) is 0.472. The van der Waals surface area contributed by atoms with E-state index in [0.29, 0.717) is 16.9 Å². The normalized spacial score (nSPS) is 13.5. The number of carbonyl (C=O) groups is 3. The van der Waals surface area contributed by atoms with Gasteiger partial charge in [-0.25, -0.2) is 4.90 Å². The van der Waals surface area contributed by atoms with Crippen LogP contribution < -0.4 is 15.5 Å². The molecule has 1 aliphatic heterocycles. The molecule has 3 aromatic carbocycles. The molecule has 172 valence electrons. The topological polar surface area (TPSA) is 78.5 Å². The lowest BCUT2D eigenvalue weighted by Gasteiger charge is -2.18. The molecule has 0 aliphatic carbocycles. The number of aryl methyl sites for hydroxylation is 3. The number of amides is 3. The van der Waals surface area contributed by atoms with Crippen LogP contribution in [0.15, 0.2) is 71.4 Å². The molecule has 0 spiro atoms. The number of halogens is 1. The average molecular weight is 474 g/mol. The van der Waals surface area contributed by atoms with Gasteiger partial charge < -0.3 is 10.6 Å². The number of benzene rings is 3. The summed E-state index contributed by atoms with van der Waals surface area (Å²) in [5.41, 5.74) is 5.82. The lowest BCUT2D eigenvalue weighted by atomic mass is 10.1. The zero-order valence-corrected chi connectivity index (χ0v) is 20.1. The molecule has 4 rings (SSSR count). The first-order valence-electron chi connectivity index (χ1n) is 10.8. The van der Waals surface area contributed by atoms with E-state index in [4.69, 9.17) is 11.6 Å². The molecule has 3 aromatic rings. The summed E-state index contributed by atoms with van der Waals surface area (Å²) in [5, 5.41) is 5.66. The molecule has 0 fully saturated rings. The minimum absolute atomic E-state index is 0.0281. The van der Waals surface area contributed by atoms with Crippen LogP contribution in [-0.4, -0.2) is 17.7 Å². The van der Waals surface area contributed by atoms with Gasteiger partial charge in [-0.15, -0.1) is 0 Å². The number of nitrogens with zero attached hydrogens (tertiary/aromatic N) is 1. The van der Waals surface area contributed by atoms with E-state index in [9.17, 15) is 14.4 Å². The summed E-state index contributed by atoms with van der Waals surface area (Å²) in [5.74, 6) is -1.43. The van der Waals surface area contributed by atoms with Crippen molar-refractivity contribution in [2.24, 2.45) is 0 Å². The highest BCUT2D eigenvalue weighted by molar-refractivity contribution is 6.53. The van der Waals surface area contributed by atoms with E-state index in [2.05, 4.69) is 10.6 Å².